The summed E-state index contributed by atoms with van der Waals surface area (Å²) >= 11 is 11.8. The van der Waals surface area contributed by atoms with Crippen molar-refractivity contribution in [1.82, 2.24) is 9.97 Å². The number of hydrogen-bond donors (Lipinski definition) is 2. The molecule has 0 radical (unpaired) electrons. The average molecular weight is 320 g/mol. The standard InChI is InChI=1S/C11H11Cl2N3O2S/c1-2-9-14-6-10(15-9)19(17,18)16-8-5-3-4-7(12)11(8)13/h3-6,16H,2H2,1H3,(H,14,15). The Labute approximate surface area is 121 Å². The molecule has 0 fully saturated rings. The molecule has 102 valence electrons. The summed E-state index contributed by atoms with van der Waals surface area (Å²) in [5.74, 6) is 0.595. The number of rotatable bonds is 4. The molecule has 0 aliphatic rings. The van der Waals surface area contributed by atoms with Gasteiger partial charge < -0.3 is 4.98 Å². The molecule has 1 heterocycles. The van der Waals surface area contributed by atoms with Crippen LogP contribution in [0.3, 0.4) is 0 Å². The van der Waals surface area contributed by atoms with E-state index in [1.54, 1.807) is 12.1 Å². The zero-order valence-electron chi connectivity index (χ0n) is 9.94. The van der Waals surface area contributed by atoms with Gasteiger partial charge in [0.15, 0.2) is 5.03 Å². The molecule has 0 saturated carbocycles. The average Bonchev–Trinajstić information content (AvgIpc) is 2.84. The predicted molar refractivity (Wildman–Crippen MR) is 75.2 cm³/mol. The van der Waals surface area contributed by atoms with E-state index in [2.05, 4.69) is 14.7 Å². The fraction of sp³-hybridized carbons (Fsp3) is 0.182. The van der Waals surface area contributed by atoms with Crippen molar-refractivity contribution >= 4 is 38.9 Å². The molecular weight excluding hydrogens is 309 g/mol. The molecule has 2 N–H and O–H groups in total. The van der Waals surface area contributed by atoms with Crippen molar-refractivity contribution in [2.24, 2.45) is 0 Å². The molecule has 0 spiro atoms. The molecular formula is C11H11Cl2N3O2S. The normalized spacial score (nSPS) is 11.5. The summed E-state index contributed by atoms with van der Waals surface area (Å²) in [5.41, 5.74) is 0.224. The number of aromatic amines is 1. The first kappa shape index (κ1) is 14.2. The van der Waals surface area contributed by atoms with Gasteiger partial charge in [0.2, 0.25) is 0 Å². The number of anilines is 1. The third kappa shape index (κ3) is 3.02. The van der Waals surface area contributed by atoms with Crippen LogP contribution >= 0.6 is 23.2 Å². The van der Waals surface area contributed by atoms with Crippen molar-refractivity contribution < 1.29 is 8.42 Å². The Bertz CT molecular complexity index is 698. The fourth-order valence-electron chi connectivity index (χ4n) is 1.44. The highest BCUT2D eigenvalue weighted by molar-refractivity contribution is 7.92. The molecule has 0 amide bonds. The summed E-state index contributed by atoms with van der Waals surface area (Å²) < 4.78 is 26.6. The highest BCUT2D eigenvalue weighted by Gasteiger charge is 2.18. The van der Waals surface area contributed by atoms with Crippen molar-refractivity contribution in [3.63, 3.8) is 0 Å². The highest BCUT2D eigenvalue weighted by Crippen LogP contribution is 2.30. The van der Waals surface area contributed by atoms with Crippen LogP contribution in [0.4, 0.5) is 5.69 Å². The van der Waals surface area contributed by atoms with E-state index in [-0.39, 0.29) is 20.8 Å². The van der Waals surface area contributed by atoms with Gasteiger partial charge in [-0.25, -0.2) is 4.98 Å². The van der Waals surface area contributed by atoms with Gasteiger partial charge in [0.05, 0.1) is 21.9 Å². The highest BCUT2D eigenvalue weighted by atomic mass is 35.5. The Balaban J connectivity index is 2.33. The lowest BCUT2D eigenvalue weighted by molar-refractivity contribution is 0.598. The van der Waals surface area contributed by atoms with Crippen LogP contribution in [0.25, 0.3) is 0 Å². The van der Waals surface area contributed by atoms with Crippen molar-refractivity contribution in [3.8, 4) is 0 Å². The molecule has 0 aliphatic carbocycles. The lowest BCUT2D eigenvalue weighted by Crippen LogP contribution is -2.13. The van der Waals surface area contributed by atoms with Crippen molar-refractivity contribution in [1.29, 1.82) is 0 Å². The van der Waals surface area contributed by atoms with Crippen LogP contribution in [0.1, 0.15) is 12.7 Å². The maximum Gasteiger partial charge on any atom is 0.279 e. The maximum atomic E-state index is 12.1. The first-order valence-electron chi connectivity index (χ1n) is 5.44. The van der Waals surface area contributed by atoms with E-state index in [0.717, 1.165) is 0 Å². The van der Waals surface area contributed by atoms with Crippen LogP contribution in [0.15, 0.2) is 29.4 Å². The zero-order valence-corrected chi connectivity index (χ0v) is 12.3. The van der Waals surface area contributed by atoms with E-state index < -0.39 is 10.0 Å². The molecule has 0 bridgehead atoms. The second-order valence-electron chi connectivity index (χ2n) is 3.75. The molecule has 0 saturated heterocycles. The smallest absolute Gasteiger partial charge is 0.279 e. The first-order chi connectivity index (χ1) is 8.94. The van der Waals surface area contributed by atoms with E-state index in [9.17, 15) is 8.42 Å². The van der Waals surface area contributed by atoms with Gasteiger partial charge in [-0.2, -0.15) is 8.42 Å². The molecule has 2 rings (SSSR count). The number of nitrogens with one attached hydrogen (secondary N) is 2. The number of halogens is 2. The van der Waals surface area contributed by atoms with Crippen molar-refractivity contribution in [3.05, 3.63) is 40.3 Å². The van der Waals surface area contributed by atoms with Gasteiger partial charge in [-0.3, -0.25) is 4.72 Å². The van der Waals surface area contributed by atoms with Gasteiger partial charge in [0.25, 0.3) is 10.0 Å². The van der Waals surface area contributed by atoms with Gasteiger partial charge in [-0.05, 0) is 12.1 Å². The first-order valence-corrected chi connectivity index (χ1v) is 7.68. The summed E-state index contributed by atoms with van der Waals surface area (Å²) in [6, 6.07) is 4.71. The molecule has 5 nitrogen and oxygen atoms in total. The van der Waals surface area contributed by atoms with E-state index in [1.807, 2.05) is 6.92 Å². The van der Waals surface area contributed by atoms with Crippen LogP contribution in [-0.4, -0.2) is 18.4 Å². The Morgan fingerprint density at radius 1 is 1.37 bits per heavy atom. The minimum Gasteiger partial charge on any atom is -0.332 e. The summed E-state index contributed by atoms with van der Waals surface area (Å²) in [6.07, 6.45) is 1.88. The monoisotopic (exact) mass is 319 g/mol. The second kappa shape index (κ2) is 5.40. The Hall–Kier alpha value is -1.24. The molecule has 0 aliphatic heterocycles. The molecule has 2 aromatic rings. The quantitative estimate of drug-likeness (QED) is 0.909. The van der Waals surface area contributed by atoms with Crippen LogP contribution in [0, 0.1) is 0 Å². The fourth-order valence-corrected chi connectivity index (χ4v) is 2.86. The Morgan fingerprint density at radius 3 is 2.74 bits per heavy atom. The van der Waals surface area contributed by atoms with Crippen LogP contribution in [0.5, 0.6) is 0 Å². The minimum absolute atomic E-state index is 0.0135. The number of H-pyrrole nitrogens is 1. The summed E-state index contributed by atoms with van der Waals surface area (Å²) in [6.45, 7) is 1.87. The maximum absolute atomic E-state index is 12.1. The number of hydrogen-bond acceptors (Lipinski definition) is 3. The van der Waals surface area contributed by atoms with Gasteiger partial charge in [-0.1, -0.05) is 36.2 Å². The summed E-state index contributed by atoms with van der Waals surface area (Å²) in [7, 11) is -3.75. The number of aromatic nitrogens is 2. The number of sulfonamides is 1. The topological polar surface area (TPSA) is 74.8 Å². The van der Waals surface area contributed by atoms with E-state index in [0.29, 0.717) is 12.2 Å². The molecule has 0 atom stereocenters. The number of nitrogens with zero attached hydrogens (tertiary/aromatic N) is 1. The lowest BCUT2D eigenvalue weighted by Gasteiger charge is -2.08. The van der Waals surface area contributed by atoms with E-state index >= 15 is 0 Å². The molecule has 0 unspecified atom stereocenters. The van der Waals surface area contributed by atoms with E-state index in [4.69, 9.17) is 23.2 Å². The summed E-state index contributed by atoms with van der Waals surface area (Å²) in [4.78, 5) is 6.67. The number of benzene rings is 1. The Morgan fingerprint density at radius 2 is 2.11 bits per heavy atom. The Kier molecular flexibility index (Phi) is 4.03. The van der Waals surface area contributed by atoms with Crippen molar-refractivity contribution in [2.45, 2.75) is 18.4 Å². The summed E-state index contributed by atoms with van der Waals surface area (Å²) in [5, 5.41) is 0.420. The molecule has 8 heteroatoms. The SMILES string of the molecule is CCc1ncc(S(=O)(=O)Nc2cccc(Cl)c2Cl)[nH]1. The zero-order chi connectivity index (χ0) is 14.0. The number of imidazole rings is 1. The van der Waals surface area contributed by atoms with Gasteiger partial charge in [-0.15, -0.1) is 0 Å². The molecule has 1 aromatic carbocycles. The van der Waals surface area contributed by atoms with E-state index in [1.165, 1.54) is 12.3 Å². The third-order valence-corrected chi connectivity index (χ3v) is 4.52. The molecule has 19 heavy (non-hydrogen) atoms. The largest absolute Gasteiger partial charge is 0.332 e. The third-order valence-electron chi connectivity index (χ3n) is 2.43. The van der Waals surface area contributed by atoms with Crippen LogP contribution < -0.4 is 4.72 Å². The van der Waals surface area contributed by atoms with Crippen LogP contribution in [0.2, 0.25) is 10.0 Å². The number of aryl methyl sites for hydroxylation is 1. The predicted octanol–water partition coefficient (Wildman–Crippen LogP) is 3.08. The minimum atomic E-state index is -3.75. The van der Waals surface area contributed by atoms with Crippen molar-refractivity contribution in [2.75, 3.05) is 4.72 Å². The van der Waals surface area contributed by atoms with Crippen LogP contribution in [-0.2, 0) is 16.4 Å². The molecule has 1 aromatic heterocycles. The van der Waals surface area contributed by atoms with Gasteiger partial charge in [0.1, 0.15) is 5.82 Å². The van der Waals surface area contributed by atoms with Gasteiger partial charge in [0, 0.05) is 6.42 Å². The lowest BCUT2D eigenvalue weighted by atomic mass is 10.3. The second-order valence-corrected chi connectivity index (χ2v) is 6.19. The van der Waals surface area contributed by atoms with Gasteiger partial charge >= 0.3 is 0 Å².